The van der Waals surface area contributed by atoms with Gasteiger partial charge in [-0.25, -0.2) is 14.8 Å². The molecule has 1 aliphatic heterocycles. The average Bonchev–Trinajstić information content (AvgIpc) is 2.61. The number of nitrogens with zero attached hydrogens (tertiary/aromatic N) is 3. The van der Waals surface area contributed by atoms with Crippen molar-refractivity contribution in [1.82, 2.24) is 15.3 Å². The molecule has 1 aromatic heterocycles. The Labute approximate surface area is 115 Å². The molecule has 2 N–H and O–H groups in total. The summed E-state index contributed by atoms with van der Waals surface area (Å²) in [6.45, 7) is 1.63. The topological polar surface area (TPSA) is 78.4 Å². The van der Waals surface area contributed by atoms with Crippen LogP contribution in [0.15, 0.2) is 12.4 Å². The molecule has 0 aromatic carbocycles. The Balaban J connectivity index is 1.75. The van der Waals surface area contributed by atoms with E-state index < -0.39 is 6.09 Å². The van der Waals surface area contributed by atoms with Gasteiger partial charge in [-0.2, -0.15) is 0 Å². The molecule has 19 heavy (non-hydrogen) atoms. The minimum absolute atomic E-state index is 0.0751. The van der Waals surface area contributed by atoms with Crippen molar-refractivity contribution in [2.45, 2.75) is 18.9 Å². The first kappa shape index (κ1) is 12.5. The largest absolute Gasteiger partial charge is 0.465 e. The van der Waals surface area contributed by atoms with Gasteiger partial charge in [0.1, 0.15) is 17.3 Å². The Hall–Kier alpha value is -1.56. The number of halogens is 1. The van der Waals surface area contributed by atoms with Gasteiger partial charge in [0.25, 0.3) is 0 Å². The number of amides is 1. The van der Waals surface area contributed by atoms with Gasteiger partial charge in [0.15, 0.2) is 0 Å². The molecule has 1 aromatic rings. The number of fused-ring (bicyclic) bond motifs is 2. The molecule has 0 radical (unpaired) electrons. The summed E-state index contributed by atoms with van der Waals surface area (Å²) in [6, 6.07) is 1.83. The zero-order valence-corrected chi connectivity index (χ0v) is 11.0. The summed E-state index contributed by atoms with van der Waals surface area (Å²) in [5.41, 5.74) is 0. The number of hydrogen-bond donors (Lipinski definition) is 2. The summed E-state index contributed by atoms with van der Waals surface area (Å²) in [7, 11) is 0. The Morgan fingerprint density at radius 3 is 2.63 bits per heavy atom. The fourth-order valence-corrected chi connectivity index (χ4v) is 3.43. The van der Waals surface area contributed by atoms with Crippen LogP contribution in [-0.2, 0) is 0 Å². The quantitative estimate of drug-likeness (QED) is 0.806. The lowest BCUT2D eigenvalue weighted by atomic mass is 9.92. The molecule has 102 valence electrons. The number of aromatic nitrogens is 2. The van der Waals surface area contributed by atoms with Crippen LogP contribution in [0.3, 0.4) is 0 Å². The van der Waals surface area contributed by atoms with Crippen molar-refractivity contribution in [3.8, 4) is 0 Å². The van der Waals surface area contributed by atoms with E-state index >= 15 is 0 Å². The molecule has 1 aliphatic carbocycles. The molecule has 7 heteroatoms. The van der Waals surface area contributed by atoms with Crippen LogP contribution < -0.4 is 10.2 Å². The van der Waals surface area contributed by atoms with Crippen LogP contribution in [0.25, 0.3) is 0 Å². The van der Waals surface area contributed by atoms with E-state index in [1.54, 1.807) is 6.07 Å². The first-order valence-corrected chi connectivity index (χ1v) is 6.73. The number of anilines is 1. The van der Waals surface area contributed by atoms with E-state index in [4.69, 9.17) is 16.7 Å². The fraction of sp³-hybridized carbons (Fsp3) is 0.583. The molecule has 2 bridgehead atoms. The van der Waals surface area contributed by atoms with Crippen molar-refractivity contribution in [3.05, 3.63) is 17.5 Å². The molecule has 0 spiro atoms. The van der Waals surface area contributed by atoms with Gasteiger partial charge in [0, 0.05) is 25.2 Å². The standard InChI is InChI=1S/C12H15ClN4O2/c13-9-3-10(15-6-14-9)17-4-7-1-2-8(5-17)11(7)16-12(18)19/h3,6-8,11,16H,1-2,4-5H2,(H,18,19)/t7-,8+,11?. The Bertz CT molecular complexity index is 484. The predicted octanol–water partition coefficient (Wildman–Crippen LogP) is 1.61. The SMILES string of the molecule is O=C(O)NC1[C@@H]2CC[C@H]1CN(c1cc(Cl)ncn1)C2. The number of nitrogens with one attached hydrogen (secondary N) is 1. The van der Waals surface area contributed by atoms with E-state index in [0.717, 1.165) is 31.7 Å². The number of hydrogen-bond acceptors (Lipinski definition) is 4. The molecule has 3 atom stereocenters. The molecule has 1 saturated carbocycles. The second kappa shape index (κ2) is 4.85. The molecule has 6 nitrogen and oxygen atoms in total. The minimum atomic E-state index is -0.930. The third-order valence-electron chi connectivity index (χ3n) is 4.07. The zero-order valence-electron chi connectivity index (χ0n) is 10.3. The van der Waals surface area contributed by atoms with Crippen LogP contribution in [0.5, 0.6) is 0 Å². The van der Waals surface area contributed by atoms with Crippen LogP contribution in [-0.4, -0.2) is 40.3 Å². The Morgan fingerprint density at radius 1 is 1.37 bits per heavy atom. The first-order valence-electron chi connectivity index (χ1n) is 6.35. The maximum atomic E-state index is 10.8. The van der Waals surface area contributed by atoms with Crippen molar-refractivity contribution < 1.29 is 9.90 Å². The summed E-state index contributed by atoms with van der Waals surface area (Å²) in [4.78, 5) is 21.1. The van der Waals surface area contributed by atoms with E-state index in [2.05, 4.69) is 20.2 Å². The fourth-order valence-electron chi connectivity index (χ4n) is 3.29. The van der Waals surface area contributed by atoms with Gasteiger partial charge in [-0.3, -0.25) is 0 Å². The summed E-state index contributed by atoms with van der Waals surface area (Å²) in [5, 5.41) is 12.0. The van der Waals surface area contributed by atoms with Gasteiger partial charge in [-0.05, 0) is 24.7 Å². The molecule has 1 amide bonds. The summed E-state index contributed by atoms with van der Waals surface area (Å²) >= 11 is 5.88. The lowest BCUT2D eigenvalue weighted by Gasteiger charge is -2.38. The van der Waals surface area contributed by atoms with Crippen LogP contribution in [0.2, 0.25) is 5.15 Å². The normalized spacial score (nSPS) is 29.3. The van der Waals surface area contributed by atoms with Crippen molar-refractivity contribution >= 4 is 23.5 Å². The second-order valence-corrected chi connectivity index (χ2v) is 5.56. The molecule has 1 saturated heterocycles. The lowest BCUT2D eigenvalue weighted by Crippen LogP contribution is -2.52. The number of carboxylic acid groups (broad SMARTS) is 1. The lowest BCUT2D eigenvalue weighted by molar-refractivity contribution is 0.178. The molecule has 2 heterocycles. The van der Waals surface area contributed by atoms with Crippen molar-refractivity contribution in [1.29, 1.82) is 0 Å². The monoisotopic (exact) mass is 282 g/mol. The van der Waals surface area contributed by atoms with Crippen LogP contribution in [0.4, 0.5) is 10.6 Å². The Morgan fingerprint density at radius 2 is 2.05 bits per heavy atom. The summed E-state index contributed by atoms with van der Waals surface area (Å²) < 4.78 is 0. The minimum Gasteiger partial charge on any atom is -0.465 e. The van der Waals surface area contributed by atoms with Gasteiger partial charge in [-0.15, -0.1) is 0 Å². The van der Waals surface area contributed by atoms with Gasteiger partial charge < -0.3 is 15.3 Å². The second-order valence-electron chi connectivity index (χ2n) is 5.18. The van der Waals surface area contributed by atoms with Crippen LogP contribution in [0.1, 0.15) is 12.8 Å². The number of carbonyl (C=O) groups is 1. The van der Waals surface area contributed by atoms with Gasteiger partial charge in [0.05, 0.1) is 0 Å². The van der Waals surface area contributed by atoms with Gasteiger partial charge in [0.2, 0.25) is 0 Å². The molecular weight excluding hydrogens is 268 g/mol. The van der Waals surface area contributed by atoms with E-state index in [0.29, 0.717) is 17.0 Å². The average molecular weight is 283 g/mol. The smallest absolute Gasteiger partial charge is 0.404 e. The third-order valence-corrected chi connectivity index (χ3v) is 4.27. The van der Waals surface area contributed by atoms with Crippen LogP contribution in [0, 0.1) is 11.8 Å². The number of piperidine rings is 1. The van der Waals surface area contributed by atoms with Crippen molar-refractivity contribution in [3.63, 3.8) is 0 Å². The van der Waals surface area contributed by atoms with E-state index in [1.807, 2.05) is 0 Å². The maximum absolute atomic E-state index is 10.8. The molecule has 2 fully saturated rings. The van der Waals surface area contributed by atoms with E-state index in [1.165, 1.54) is 6.33 Å². The van der Waals surface area contributed by atoms with Gasteiger partial charge >= 0.3 is 6.09 Å². The first-order chi connectivity index (χ1) is 9.13. The highest BCUT2D eigenvalue weighted by Gasteiger charge is 2.43. The highest BCUT2D eigenvalue weighted by Crippen LogP contribution is 2.38. The maximum Gasteiger partial charge on any atom is 0.404 e. The molecular formula is C12H15ClN4O2. The zero-order chi connectivity index (χ0) is 13.4. The number of rotatable bonds is 2. The van der Waals surface area contributed by atoms with Crippen LogP contribution >= 0.6 is 11.6 Å². The Kier molecular flexibility index (Phi) is 3.18. The molecule has 1 unspecified atom stereocenters. The molecule has 3 rings (SSSR count). The van der Waals surface area contributed by atoms with Gasteiger partial charge in [-0.1, -0.05) is 11.6 Å². The highest BCUT2D eigenvalue weighted by atomic mass is 35.5. The van der Waals surface area contributed by atoms with Crippen molar-refractivity contribution in [2.75, 3.05) is 18.0 Å². The van der Waals surface area contributed by atoms with E-state index in [9.17, 15) is 4.79 Å². The summed E-state index contributed by atoms with van der Waals surface area (Å²) in [6.07, 6.45) is 2.65. The summed E-state index contributed by atoms with van der Waals surface area (Å²) in [5.74, 6) is 1.53. The molecule has 2 aliphatic rings. The highest BCUT2D eigenvalue weighted by molar-refractivity contribution is 6.29. The third kappa shape index (κ3) is 2.45. The van der Waals surface area contributed by atoms with E-state index in [-0.39, 0.29) is 6.04 Å². The van der Waals surface area contributed by atoms with Crippen molar-refractivity contribution in [2.24, 2.45) is 11.8 Å². The predicted molar refractivity (Wildman–Crippen MR) is 70.4 cm³/mol.